The third-order valence-corrected chi connectivity index (χ3v) is 5.13. The molecule has 0 saturated carbocycles. The summed E-state index contributed by atoms with van der Waals surface area (Å²) in [5.74, 6) is 2.51. The van der Waals surface area contributed by atoms with Gasteiger partial charge in [0.15, 0.2) is 17.0 Å². The number of benzene rings is 2. The molecule has 29 heavy (non-hydrogen) atoms. The summed E-state index contributed by atoms with van der Waals surface area (Å²) in [6, 6.07) is 9.65. The zero-order valence-electron chi connectivity index (χ0n) is 15.5. The number of ether oxygens (including phenoxy) is 2. The average Bonchev–Trinajstić information content (AvgIpc) is 3.02. The molecular weight excluding hydrogens is 415 g/mol. The van der Waals surface area contributed by atoms with E-state index in [9.17, 15) is 9.18 Å². The largest absolute Gasteiger partial charge is 0.490 e. The van der Waals surface area contributed by atoms with Gasteiger partial charge in [-0.2, -0.15) is 0 Å². The minimum Gasteiger partial charge on any atom is -0.490 e. The van der Waals surface area contributed by atoms with Crippen molar-refractivity contribution in [1.82, 2.24) is 5.32 Å². The molecule has 2 N–H and O–H groups in total. The van der Waals surface area contributed by atoms with Gasteiger partial charge in [-0.15, -0.1) is 6.42 Å². The van der Waals surface area contributed by atoms with Crippen LogP contribution >= 0.6 is 23.4 Å². The predicted molar refractivity (Wildman–Crippen MR) is 114 cm³/mol. The van der Waals surface area contributed by atoms with Crippen molar-refractivity contribution in [2.45, 2.75) is 12.4 Å². The van der Waals surface area contributed by atoms with Gasteiger partial charge in [-0.25, -0.2) is 4.39 Å². The molecule has 1 fully saturated rings. The highest BCUT2D eigenvalue weighted by Crippen LogP contribution is 2.38. The van der Waals surface area contributed by atoms with E-state index >= 15 is 0 Å². The molecule has 0 spiro atoms. The molecule has 150 valence electrons. The smallest absolute Gasteiger partial charge is 0.260 e. The maximum atomic E-state index is 13.8. The van der Waals surface area contributed by atoms with Gasteiger partial charge in [0.1, 0.15) is 12.4 Å². The Morgan fingerprint density at radius 1 is 1.38 bits per heavy atom. The van der Waals surface area contributed by atoms with Crippen LogP contribution in [-0.4, -0.2) is 24.6 Å². The number of amides is 1. The van der Waals surface area contributed by atoms with Crippen molar-refractivity contribution in [3.8, 4) is 23.8 Å². The first kappa shape index (κ1) is 20.9. The number of halogens is 2. The summed E-state index contributed by atoms with van der Waals surface area (Å²) in [7, 11) is 0. The van der Waals surface area contributed by atoms with Crippen LogP contribution in [0.5, 0.6) is 11.5 Å². The number of carbonyl (C=O) groups is 1. The lowest BCUT2D eigenvalue weighted by atomic mass is 10.2. The second-order valence-corrected chi connectivity index (χ2v) is 7.41. The van der Waals surface area contributed by atoms with Crippen LogP contribution in [0.25, 0.3) is 6.08 Å². The van der Waals surface area contributed by atoms with Crippen LogP contribution in [0.3, 0.4) is 0 Å². The van der Waals surface area contributed by atoms with E-state index in [1.807, 2.05) is 6.92 Å². The average molecular weight is 433 g/mol. The number of rotatable bonds is 7. The molecule has 1 aliphatic heterocycles. The second-order valence-electron chi connectivity index (χ2n) is 5.86. The van der Waals surface area contributed by atoms with Crippen molar-refractivity contribution in [1.29, 1.82) is 0 Å². The molecule has 8 heteroatoms. The van der Waals surface area contributed by atoms with E-state index in [4.69, 9.17) is 27.5 Å². The van der Waals surface area contributed by atoms with Crippen molar-refractivity contribution >= 4 is 41.0 Å². The number of carbonyl (C=O) groups excluding carboxylic acids is 1. The highest BCUT2D eigenvalue weighted by Gasteiger charge is 2.28. The fraction of sp³-hybridized carbons (Fsp3) is 0.190. The minimum atomic E-state index is -0.495. The van der Waals surface area contributed by atoms with E-state index < -0.39 is 11.3 Å². The molecule has 0 bridgehead atoms. The maximum Gasteiger partial charge on any atom is 0.260 e. The van der Waals surface area contributed by atoms with Gasteiger partial charge in [0, 0.05) is 0 Å². The summed E-state index contributed by atoms with van der Waals surface area (Å²) in [5.41, 5.74) is 0.477. The fourth-order valence-corrected chi connectivity index (χ4v) is 3.87. The zero-order valence-corrected chi connectivity index (χ0v) is 17.1. The van der Waals surface area contributed by atoms with E-state index in [-0.39, 0.29) is 12.5 Å². The first-order valence-electron chi connectivity index (χ1n) is 8.74. The molecule has 2 aromatic carbocycles. The topological polar surface area (TPSA) is 59.6 Å². The molecule has 0 aromatic heterocycles. The summed E-state index contributed by atoms with van der Waals surface area (Å²) >= 11 is 7.56. The molecule has 5 nitrogen and oxygen atoms in total. The lowest BCUT2D eigenvalue weighted by Crippen LogP contribution is -2.31. The van der Waals surface area contributed by atoms with Crippen LogP contribution < -0.4 is 20.1 Å². The van der Waals surface area contributed by atoms with E-state index in [2.05, 4.69) is 16.6 Å². The molecule has 1 atom stereocenters. The van der Waals surface area contributed by atoms with Gasteiger partial charge in [0.05, 0.1) is 22.2 Å². The summed E-state index contributed by atoms with van der Waals surface area (Å²) in [6.07, 6.45) is 6.92. The molecule has 1 unspecified atom stereocenters. The van der Waals surface area contributed by atoms with Crippen LogP contribution in [0.1, 0.15) is 12.5 Å². The molecule has 1 aliphatic rings. The lowest BCUT2D eigenvalue weighted by molar-refractivity contribution is -0.116. The van der Waals surface area contributed by atoms with E-state index in [1.165, 1.54) is 17.8 Å². The Morgan fingerprint density at radius 2 is 2.17 bits per heavy atom. The van der Waals surface area contributed by atoms with Gasteiger partial charge in [0.25, 0.3) is 5.91 Å². The fourth-order valence-electron chi connectivity index (χ4n) is 2.62. The Hall–Kier alpha value is -2.82. The van der Waals surface area contributed by atoms with Crippen molar-refractivity contribution in [2.24, 2.45) is 0 Å². The molecule has 3 rings (SSSR count). The summed E-state index contributed by atoms with van der Waals surface area (Å²) in [4.78, 5) is 12.8. The zero-order chi connectivity index (χ0) is 20.8. The highest BCUT2D eigenvalue weighted by molar-refractivity contribution is 8.05. The standard InChI is InChI=1S/C21H18ClFN2O3S/c1-3-9-28-19-14(22)10-13(11-17(19)27-4-2)12-18-20(26)25-21(29-18)24-16-8-6-5-7-15(16)23/h1,5-8,10-12,21,24H,4,9H2,2H3,(H,25,26)/b18-12-. The third kappa shape index (κ3) is 5.17. The van der Waals surface area contributed by atoms with Crippen molar-refractivity contribution in [2.75, 3.05) is 18.5 Å². The van der Waals surface area contributed by atoms with Crippen LogP contribution in [0.15, 0.2) is 41.3 Å². The molecule has 0 aliphatic carbocycles. The number of hydrogen-bond acceptors (Lipinski definition) is 5. The number of hydrogen-bond donors (Lipinski definition) is 2. The first-order chi connectivity index (χ1) is 14.0. The van der Waals surface area contributed by atoms with Crippen LogP contribution in [0.2, 0.25) is 5.02 Å². The van der Waals surface area contributed by atoms with Gasteiger partial charge in [0.2, 0.25) is 0 Å². The Morgan fingerprint density at radius 3 is 2.90 bits per heavy atom. The quantitative estimate of drug-likeness (QED) is 0.498. The Labute approximate surface area is 177 Å². The van der Waals surface area contributed by atoms with Crippen LogP contribution in [-0.2, 0) is 4.79 Å². The Kier molecular flexibility index (Phi) is 6.91. The van der Waals surface area contributed by atoms with Gasteiger partial charge in [-0.1, -0.05) is 41.4 Å². The normalized spacial score (nSPS) is 17.0. The summed E-state index contributed by atoms with van der Waals surface area (Å²) in [6.45, 7) is 2.30. The van der Waals surface area contributed by atoms with E-state index in [0.717, 1.165) is 0 Å². The molecular formula is C21H18ClFN2O3S. The SMILES string of the molecule is C#CCOc1c(Cl)cc(/C=C2\SC(Nc3ccccc3F)NC2=O)cc1OCC. The van der Waals surface area contributed by atoms with Gasteiger partial charge < -0.3 is 20.1 Å². The number of para-hydroxylation sites is 1. The predicted octanol–water partition coefficient (Wildman–Crippen LogP) is 4.49. The molecule has 0 radical (unpaired) electrons. The molecule has 1 heterocycles. The van der Waals surface area contributed by atoms with Gasteiger partial charge >= 0.3 is 0 Å². The molecule has 1 saturated heterocycles. The lowest BCUT2D eigenvalue weighted by Gasteiger charge is -2.13. The number of terminal acetylenes is 1. The van der Waals surface area contributed by atoms with E-state index in [1.54, 1.807) is 36.4 Å². The first-order valence-corrected chi connectivity index (χ1v) is 10.0. The summed E-state index contributed by atoms with van der Waals surface area (Å²) in [5, 5.41) is 6.04. The molecule has 1 amide bonds. The maximum absolute atomic E-state index is 13.8. The highest BCUT2D eigenvalue weighted by atomic mass is 35.5. The number of thioether (sulfide) groups is 1. The van der Waals surface area contributed by atoms with Crippen LogP contribution in [0, 0.1) is 18.2 Å². The number of anilines is 1. The molecule has 2 aromatic rings. The van der Waals surface area contributed by atoms with Crippen molar-refractivity contribution in [3.05, 3.63) is 57.7 Å². The third-order valence-electron chi connectivity index (χ3n) is 3.82. The van der Waals surface area contributed by atoms with Crippen LogP contribution in [0.4, 0.5) is 10.1 Å². The Balaban J connectivity index is 1.81. The van der Waals surface area contributed by atoms with Gasteiger partial charge in [-0.05, 0) is 42.8 Å². The number of nitrogens with one attached hydrogen (secondary N) is 2. The Bertz CT molecular complexity index is 990. The second kappa shape index (κ2) is 9.59. The monoisotopic (exact) mass is 432 g/mol. The van der Waals surface area contributed by atoms with Gasteiger partial charge in [-0.3, -0.25) is 4.79 Å². The van der Waals surface area contributed by atoms with E-state index in [0.29, 0.717) is 39.3 Å². The minimum absolute atomic E-state index is 0.0574. The van der Waals surface area contributed by atoms with Crippen molar-refractivity contribution in [3.63, 3.8) is 0 Å². The van der Waals surface area contributed by atoms with Crippen molar-refractivity contribution < 1.29 is 18.7 Å². The summed E-state index contributed by atoms with van der Waals surface area (Å²) < 4.78 is 24.9.